The van der Waals surface area contributed by atoms with Gasteiger partial charge in [-0.1, -0.05) is 19.9 Å². The van der Waals surface area contributed by atoms with E-state index >= 15 is 0 Å². The van der Waals surface area contributed by atoms with Crippen LogP contribution in [0.1, 0.15) is 44.0 Å². The third-order valence-electron chi connectivity index (χ3n) is 4.49. The number of anilines is 1. The van der Waals surface area contributed by atoms with Crippen molar-refractivity contribution in [1.29, 1.82) is 0 Å². The van der Waals surface area contributed by atoms with Crippen LogP contribution in [0.4, 0.5) is 5.69 Å². The minimum Gasteiger partial charge on any atom is -0.480 e. The summed E-state index contributed by atoms with van der Waals surface area (Å²) in [5.74, 6) is -2.34. The summed E-state index contributed by atoms with van der Waals surface area (Å²) in [5.41, 5.74) is 0.781. The van der Waals surface area contributed by atoms with Gasteiger partial charge in [0, 0.05) is 24.7 Å². The van der Waals surface area contributed by atoms with Gasteiger partial charge in [0.2, 0.25) is 11.8 Å². The zero-order valence-electron chi connectivity index (χ0n) is 15.7. The number of carbonyl (C=O) groups excluding carboxylic acids is 3. The fourth-order valence-corrected chi connectivity index (χ4v) is 3.15. The molecule has 1 fully saturated rings. The maximum absolute atomic E-state index is 12.9. The van der Waals surface area contributed by atoms with Crippen molar-refractivity contribution in [1.82, 2.24) is 10.2 Å². The zero-order valence-corrected chi connectivity index (χ0v) is 15.7. The Bertz CT molecular complexity index is 747. The van der Waals surface area contributed by atoms with Crippen LogP contribution in [0.2, 0.25) is 0 Å². The fourth-order valence-electron chi connectivity index (χ4n) is 3.15. The fraction of sp³-hybridized carbons (Fsp3) is 0.474. The van der Waals surface area contributed by atoms with Crippen LogP contribution in [0.15, 0.2) is 24.3 Å². The quantitative estimate of drug-likeness (QED) is 0.696. The highest BCUT2D eigenvalue weighted by atomic mass is 16.4. The van der Waals surface area contributed by atoms with Crippen molar-refractivity contribution < 1.29 is 24.3 Å². The molecular formula is C19H25N3O5. The molecule has 2 rings (SSSR count). The van der Waals surface area contributed by atoms with Gasteiger partial charge in [-0.2, -0.15) is 0 Å². The van der Waals surface area contributed by atoms with E-state index in [1.807, 2.05) is 0 Å². The van der Waals surface area contributed by atoms with E-state index in [0.29, 0.717) is 30.6 Å². The van der Waals surface area contributed by atoms with Gasteiger partial charge in [-0.15, -0.1) is 0 Å². The molecule has 2 atom stereocenters. The normalized spacial score (nSPS) is 17.5. The predicted octanol–water partition coefficient (Wildman–Crippen LogP) is 1.47. The second-order valence-electron chi connectivity index (χ2n) is 6.99. The molecule has 8 heteroatoms. The van der Waals surface area contributed by atoms with Crippen molar-refractivity contribution in [3.05, 3.63) is 29.8 Å². The maximum atomic E-state index is 12.9. The average molecular weight is 375 g/mol. The second-order valence-corrected chi connectivity index (χ2v) is 6.99. The van der Waals surface area contributed by atoms with E-state index in [2.05, 4.69) is 10.6 Å². The van der Waals surface area contributed by atoms with Crippen LogP contribution >= 0.6 is 0 Å². The first-order chi connectivity index (χ1) is 12.7. The molecule has 1 heterocycles. The number of rotatable bonds is 6. The summed E-state index contributed by atoms with van der Waals surface area (Å²) >= 11 is 0. The van der Waals surface area contributed by atoms with Gasteiger partial charge in [0.15, 0.2) is 0 Å². The van der Waals surface area contributed by atoms with Crippen LogP contribution in [0.3, 0.4) is 0 Å². The summed E-state index contributed by atoms with van der Waals surface area (Å²) in [7, 11) is 0. The molecule has 1 saturated heterocycles. The lowest BCUT2D eigenvalue weighted by atomic mass is 10.0. The van der Waals surface area contributed by atoms with Crippen LogP contribution in [-0.4, -0.2) is 52.3 Å². The number of nitrogens with one attached hydrogen (secondary N) is 2. The van der Waals surface area contributed by atoms with Crippen molar-refractivity contribution in [2.45, 2.75) is 45.7 Å². The highest BCUT2D eigenvalue weighted by Crippen LogP contribution is 2.21. The van der Waals surface area contributed by atoms with E-state index in [1.54, 1.807) is 32.0 Å². The van der Waals surface area contributed by atoms with Crippen molar-refractivity contribution >= 4 is 29.4 Å². The molecule has 1 aliphatic rings. The zero-order chi connectivity index (χ0) is 20.1. The third-order valence-corrected chi connectivity index (χ3v) is 4.49. The second kappa shape index (κ2) is 8.66. The highest BCUT2D eigenvalue weighted by molar-refractivity contribution is 5.99. The number of nitrogens with zero attached hydrogens (tertiary/aromatic N) is 1. The monoisotopic (exact) mass is 375 g/mol. The first-order valence-corrected chi connectivity index (χ1v) is 8.92. The van der Waals surface area contributed by atoms with Gasteiger partial charge in [-0.3, -0.25) is 14.4 Å². The Balaban J connectivity index is 2.16. The molecule has 0 radical (unpaired) electrons. The van der Waals surface area contributed by atoms with Gasteiger partial charge in [-0.05, 0) is 37.0 Å². The molecule has 3 amide bonds. The molecule has 0 aromatic heterocycles. The number of amides is 3. The van der Waals surface area contributed by atoms with Crippen molar-refractivity contribution in [3.63, 3.8) is 0 Å². The third kappa shape index (κ3) is 5.06. The van der Waals surface area contributed by atoms with E-state index in [0.717, 1.165) is 0 Å². The number of benzene rings is 1. The lowest BCUT2D eigenvalue weighted by Crippen LogP contribution is -2.53. The Morgan fingerprint density at radius 3 is 2.52 bits per heavy atom. The van der Waals surface area contributed by atoms with Crippen LogP contribution in [-0.2, 0) is 14.4 Å². The van der Waals surface area contributed by atoms with Gasteiger partial charge < -0.3 is 20.6 Å². The smallest absolute Gasteiger partial charge is 0.326 e. The molecule has 0 aliphatic carbocycles. The Kier molecular flexibility index (Phi) is 6.55. The number of hydrogen-bond acceptors (Lipinski definition) is 4. The molecule has 27 heavy (non-hydrogen) atoms. The summed E-state index contributed by atoms with van der Waals surface area (Å²) in [6, 6.07) is 4.71. The van der Waals surface area contributed by atoms with Crippen LogP contribution in [0, 0.1) is 5.92 Å². The molecule has 0 spiro atoms. The molecular weight excluding hydrogens is 350 g/mol. The summed E-state index contributed by atoms with van der Waals surface area (Å²) < 4.78 is 0. The van der Waals surface area contributed by atoms with Crippen LogP contribution < -0.4 is 10.6 Å². The van der Waals surface area contributed by atoms with Gasteiger partial charge in [0.05, 0.1) is 0 Å². The number of carbonyl (C=O) groups is 4. The van der Waals surface area contributed by atoms with Gasteiger partial charge in [0.1, 0.15) is 12.1 Å². The van der Waals surface area contributed by atoms with Crippen LogP contribution in [0.5, 0.6) is 0 Å². The van der Waals surface area contributed by atoms with Crippen molar-refractivity contribution in [3.8, 4) is 0 Å². The van der Waals surface area contributed by atoms with Gasteiger partial charge in [-0.25, -0.2) is 4.79 Å². The van der Waals surface area contributed by atoms with Gasteiger partial charge >= 0.3 is 5.97 Å². The Labute approximate surface area is 157 Å². The predicted molar refractivity (Wildman–Crippen MR) is 99.2 cm³/mol. The molecule has 1 aliphatic heterocycles. The van der Waals surface area contributed by atoms with E-state index < -0.39 is 24.0 Å². The average Bonchev–Trinajstić information content (AvgIpc) is 3.08. The summed E-state index contributed by atoms with van der Waals surface area (Å²) in [5, 5.41) is 14.6. The Morgan fingerprint density at radius 1 is 1.22 bits per heavy atom. The first kappa shape index (κ1) is 20.4. The van der Waals surface area contributed by atoms with E-state index in [9.17, 15) is 24.3 Å². The van der Waals surface area contributed by atoms with E-state index in [-0.39, 0.29) is 17.7 Å². The minimum absolute atomic E-state index is 0.213. The lowest BCUT2D eigenvalue weighted by Gasteiger charge is -2.29. The minimum atomic E-state index is -1.03. The highest BCUT2D eigenvalue weighted by Gasteiger charge is 2.38. The summed E-state index contributed by atoms with van der Waals surface area (Å²) in [6.45, 7) is 5.33. The lowest BCUT2D eigenvalue weighted by molar-refractivity contribution is -0.149. The maximum Gasteiger partial charge on any atom is 0.326 e. The molecule has 0 bridgehead atoms. The van der Waals surface area contributed by atoms with Crippen LogP contribution in [0.25, 0.3) is 0 Å². The largest absolute Gasteiger partial charge is 0.480 e. The first-order valence-electron chi connectivity index (χ1n) is 8.92. The molecule has 146 valence electrons. The number of hydrogen-bond donors (Lipinski definition) is 3. The summed E-state index contributed by atoms with van der Waals surface area (Å²) in [6.07, 6.45) is 1.04. The van der Waals surface area contributed by atoms with Crippen molar-refractivity contribution in [2.24, 2.45) is 5.92 Å². The SMILES string of the molecule is CC(=O)Nc1cccc(C(=O)N[C@H](C(=O)N2CCC[C@H]2C(=O)O)C(C)C)c1. The number of carboxylic acid groups (broad SMARTS) is 1. The standard InChI is InChI=1S/C19H25N3O5/c1-11(2)16(18(25)22-9-5-8-15(22)19(26)27)21-17(24)13-6-4-7-14(10-13)20-12(3)23/h4,6-7,10-11,15-16H,5,8-9H2,1-3H3,(H,20,23)(H,21,24)(H,26,27)/t15-,16-/m0/s1. The number of likely N-dealkylation sites (tertiary alicyclic amines) is 1. The number of aliphatic carboxylic acids is 1. The molecule has 8 nitrogen and oxygen atoms in total. The van der Waals surface area contributed by atoms with E-state index in [4.69, 9.17) is 0 Å². The molecule has 1 aromatic rings. The molecule has 1 aromatic carbocycles. The summed E-state index contributed by atoms with van der Waals surface area (Å²) in [4.78, 5) is 49.4. The topological polar surface area (TPSA) is 116 Å². The molecule has 3 N–H and O–H groups in total. The number of carboxylic acids is 1. The molecule has 0 unspecified atom stereocenters. The Hall–Kier alpha value is -2.90. The Morgan fingerprint density at radius 2 is 1.93 bits per heavy atom. The van der Waals surface area contributed by atoms with Gasteiger partial charge in [0.25, 0.3) is 5.91 Å². The van der Waals surface area contributed by atoms with Crippen molar-refractivity contribution in [2.75, 3.05) is 11.9 Å². The molecule has 0 saturated carbocycles. The van der Waals surface area contributed by atoms with E-state index in [1.165, 1.54) is 17.9 Å².